The van der Waals surface area contributed by atoms with Crippen molar-refractivity contribution in [2.75, 3.05) is 27.2 Å². The summed E-state index contributed by atoms with van der Waals surface area (Å²) in [6.45, 7) is 2.21. The number of piperidine rings is 1. The molecule has 1 aromatic carbocycles. The first-order valence-corrected chi connectivity index (χ1v) is 10.9. The molecule has 2 bridgehead atoms. The fraction of sp³-hybridized carbons (Fsp3) is 0.583. The van der Waals surface area contributed by atoms with Gasteiger partial charge in [0.1, 0.15) is 11.5 Å². The van der Waals surface area contributed by atoms with Gasteiger partial charge in [-0.05, 0) is 67.0 Å². The van der Waals surface area contributed by atoms with Gasteiger partial charge in [-0.15, -0.1) is 0 Å². The van der Waals surface area contributed by atoms with Crippen LogP contribution in [-0.4, -0.2) is 49.9 Å². The number of nitrogens with one attached hydrogen (secondary N) is 1. The third-order valence-corrected chi connectivity index (χ3v) is 7.57. The first kappa shape index (κ1) is 18.9. The quantitative estimate of drug-likeness (QED) is 0.780. The number of benzene rings is 1. The summed E-state index contributed by atoms with van der Waals surface area (Å²) in [6.07, 6.45) is 7.59. The van der Waals surface area contributed by atoms with Crippen LogP contribution >= 0.6 is 0 Å². The highest BCUT2D eigenvalue weighted by atomic mass is 16.5. The minimum atomic E-state index is -0.298. The van der Waals surface area contributed by atoms with Gasteiger partial charge in [-0.25, -0.2) is 0 Å². The smallest absolute Gasteiger partial charge is 0.220 e. The number of hydrogen-bond acceptors (Lipinski definition) is 4. The number of fused-ring (bicyclic) bond motifs is 1. The van der Waals surface area contributed by atoms with Crippen LogP contribution in [0.2, 0.25) is 0 Å². The highest BCUT2D eigenvalue weighted by Gasteiger charge is 2.53. The van der Waals surface area contributed by atoms with Crippen LogP contribution in [0.5, 0.6) is 5.75 Å². The Kier molecular flexibility index (Phi) is 4.54. The average molecular weight is 395 g/mol. The standard InChI is InChI=1S/C24H30N2O3/c1-25-23(28)11-17-9-20-21-10-16-5-6-18(29-2)12-19(16)24(20,13-22(17)27)7-8-26(21)14-15-3-4-15/h5-6,9,12,15,17,21H,3-4,7-8,10-11,13-14H2,1-2H3,(H,25,28)/t17-,21-,24-/m1/s1. The molecule has 5 nitrogen and oxygen atoms in total. The van der Waals surface area contributed by atoms with Gasteiger partial charge in [-0.3, -0.25) is 14.5 Å². The average Bonchev–Trinajstić information content (AvgIpc) is 3.54. The Bertz CT molecular complexity index is 888. The Morgan fingerprint density at radius 2 is 2.17 bits per heavy atom. The summed E-state index contributed by atoms with van der Waals surface area (Å²) >= 11 is 0. The van der Waals surface area contributed by atoms with E-state index in [2.05, 4.69) is 28.4 Å². The molecular formula is C24H30N2O3. The van der Waals surface area contributed by atoms with E-state index >= 15 is 0 Å². The summed E-state index contributed by atoms with van der Waals surface area (Å²) in [5.41, 5.74) is 3.80. The van der Waals surface area contributed by atoms with Crippen LogP contribution in [0.4, 0.5) is 0 Å². The molecule has 154 valence electrons. The second kappa shape index (κ2) is 6.98. The van der Waals surface area contributed by atoms with Crippen molar-refractivity contribution < 1.29 is 14.3 Å². The van der Waals surface area contributed by atoms with Crippen LogP contribution < -0.4 is 10.1 Å². The molecule has 1 aromatic rings. The van der Waals surface area contributed by atoms with Crippen LogP contribution in [0.15, 0.2) is 29.8 Å². The lowest BCUT2D eigenvalue weighted by atomic mass is 9.55. The molecule has 1 saturated carbocycles. The second-order valence-electron chi connectivity index (χ2n) is 9.26. The number of carbonyl (C=O) groups is 2. The van der Waals surface area contributed by atoms with E-state index in [1.807, 2.05) is 6.07 Å². The fourth-order valence-corrected chi connectivity index (χ4v) is 5.81. The molecule has 0 unspecified atom stereocenters. The second-order valence-corrected chi connectivity index (χ2v) is 9.26. The molecule has 1 aliphatic heterocycles. The van der Waals surface area contributed by atoms with Crippen molar-refractivity contribution in [2.45, 2.75) is 50.0 Å². The molecule has 1 amide bonds. The largest absolute Gasteiger partial charge is 0.497 e. The Hall–Kier alpha value is -2.14. The SMILES string of the molecule is CNC(=O)C[C@H]1C=C2[C@H]3Cc4ccc(OC)cc4[C@@]2(CCN3CC2CC2)CC1=O. The van der Waals surface area contributed by atoms with E-state index in [-0.39, 0.29) is 29.4 Å². The predicted octanol–water partition coefficient (Wildman–Crippen LogP) is 2.62. The molecular weight excluding hydrogens is 364 g/mol. The van der Waals surface area contributed by atoms with Crippen molar-refractivity contribution in [1.82, 2.24) is 10.2 Å². The number of nitrogens with zero attached hydrogens (tertiary/aromatic N) is 1. The van der Waals surface area contributed by atoms with Crippen molar-refractivity contribution >= 4 is 11.7 Å². The topological polar surface area (TPSA) is 58.6 Å². The van der Waals surface area contributed by atoms with Crippen molar-refractivity contribution in [2.24, 2.45) is 11.8 Å². The first-order chi connectivity index (χ1) is 14.0. The summed E-state index contributed by atoms with van der Waals surface area (Å²) < 4.78 is 5.52. The molecule has 5 rings (SSSR count). The van der Waals surface area contributed by atoms with Gasteiger partial charge in [0.2, 0.25) is 5.91 Å². The highest BCUT2D eigenvalue weighted by Crippen LogP contribution is 2.54. The Morgan fingerprint density at radius 3 is 2.90 bits per heavy atom. The van der Waals surface area contributed by atoms with E-state index in [0.29, 0.717) is 12.5 Å². The molecule has 0 spiro atoms. The molecule has 1 N–H and O–H groups in total. The van der Waals surface area contributed by atoms with Gasteiger partial charge in [-0.1, -0.05) is 12.1 Å². The van der Waals surface area contributed by atoms with Crippen LogP contribution in [0.25, 0.3) is 0 Å². The maximum Gasteiger partial charge on any atom is 0.220 e. The molecule has 4 aliphatic rings. The lowest BCUT2D eigenvalue weighted by Gasteiger charge is -2.55. The zero-order chi connectivity index (χ0) is 20.2. The highest BCUT2D eigenvalue weighted by molar-refractivity contribution is 5.91. The maximum absolute atomic E-state index is 13.2. The first-order valence-electron chi connectivity index (χ1n) is 10.9. The van der Waals surface area contributed by atoms with Crippen LogP contribution in [0.1, 0.15) is 43.2 Å². The van der Waals surface area contributed by atoms with Crippen molar-refractivity contribution in [3.05, 3.63) is 41.0 Å². The monoisotopic (exact) mass is 394 g/mol. The van der Waals surface area contributed by atoms with Crippen LogP contribution in [0, 0.1) is 11.8 Å². The van der Waals surface area contributed by atoms with E-state index in [4.69, 9.17) is 4.74 Å². The van der Waals surface area contributed by atoms with E-state index in [9.17, 15) is 9.59 Å². The number of allylic oxidation sites excluding steroid dienone is 1. The Balaban J connectivity index is 1.60. The molecule has 1 saturated heterocycles. The summed E-state index contributed by atoms with van der Waals surface area (Å²) in [6, 6.07) is 6.75. The maximum atomic E-state index is 13.2. The minimum Gasteiger partial charge on any atom is -0.497 e. The number of rotatable bonds is 5. The Labute approximate surface area is 172 Å². The van der Waals surface area contributed by atoms with Gasteiger partial charge >= 0.3 is 0 Å². The van der Waals surface area contributed by atoms with E-state index in [0.717, 1.165) is 37.6 Å². The molecule has 0 aromatic heterocycles. The molecule has 2 fully saturated rings. The number of Topliss-reactive ketones (excluding diaryl/α,β-unsaturated/α-hetero) is 1. The summed E-state index contributed by atoms with van der Waals surface area (Å²) in [5.74, 6) is 1.54. The predicted molar refractivity (Wildman–Crippen MR) is 111 cm³/mol. The third-order valence-electron chi connectivity index (χ3n) is 7.57. The molecule has 5 heteroatoms. The number of likely N-dealkylation sites (tertiary alicyclic amines) is 1. The van der Waals surface area contributed by atoms with E-state index < -0.39 is 0 Å². The number of ether oxygens (including phenoxy) is 1. The van der Waals surface area contributed by atoms with E-state index in [1.165, 1.54) is 29.5 Å². The summed E-state index contributed by atoms with van der Waals surface area (Å²) in [4.78, 5) is 27.8. The van der Waals surface area contributed by atoms with Crippen molar-refractivity contribution in [1.29, 1.82) is 0 Å². The van der Waals surface area contributed by atoms with Gasteiger partial charge < -0.3 is 10.1 Å². The normalized spacial score (nSPS) is 30.8. The van der Waals surface area contributed by atoms with Crippen LogP contribution in [0.3, 0.4) is 0 Å². The van der Waals surface area contributed by atoms with Crippen LogP contribution in [-0.2, 0) is 21.4 Å². The number of hydrogen-bond donors (Lipinski definition) is 1. The zero-order valence-electron chi connectivity index (χ0n) is 17.4. The van der Waals surface area contributed by atoms with Gasteiger partial charge in [0, 0.05) is 43.8 Å². The minimum absolute atomic E-state index is 0.0611. The summed E-state index contributed by atoms with van der Waals surface area (Å²) in [5, 5.41) is 2.68. The molecule has 3 aliphatic carbocycles. The van der Waals surface area contributed by atoms with Crippen molar-refractivity contribution in [3.63, 3.8) is 0 Å². The Morgan fingerprint density at radius 1 is 1.34 bits per heavy atom. The van der Waals surface area contributed by atoms with Gasteiger partial charge in [-0.2, -0.15) is 0 Å². The van der Waals surface area contributed by atoms with Gasteiger partial charge in [0.15, 0.2) is 0 Å². The molecule has 1 heterocycles. The van der Waals surface area contributed by atoms with Gasteiger partial charge in [0.25, 0.3) is 0 Å². The van der Waals surface area contributed by atoms with E-state index in [1.54, 1.807) is 14.2 Å². The fourth-order valence-electron chi connectivity index (χ4n) is 5.81. The summed E-state index contributed by atoms with van der Waals surface area (Å²) in [7, 11) is 3.34. The molecule has 0 radical (unpaired) electrons. The van der Waals surface area contributed by atoms with Gasteiger partial charge in [0.05, 0.1) is 7.11 Å². The number of ketones is 1. The molecule has 3 atom stereocenters. The lowest BCUT2D eigenvalue weighted by Crippen LogP contribution is -2.58. The third kappa shape index (κ3) is 3.10. The lowest BCUT2D eigenvalue weighted by molar-refractivity contribution is -0.129. The number of carbonyl (C=O) groups excluding carboxylic acids is 2. The number of methoxy groups -OCH3 is 1. The zero-order valence-corrected chi connectivity index (χ0v) is 17.4. The molecule has 29 heavy (non-hydrogen) atoms. The van der Waals surface area contributed by atoms with Crippen molar-refractivity contribution in [3.8, 4) is 5.75 Å². The number of amides is 1.